The molecule has 7 nitrogen and oxygen atoms in total. The molecule has 1 aliphatic heterocycles. The second-order valence-electron chi connectivity index (χ2n) is 11.7. The Kier molecular flexibility index (Phi) is 8.13. The summed E-state index contributed by atoms with van der Waals surface area (Å²) in [7, 11) is 0. The number of fused-ring (bicyclic) bond motifs is 2. The third kappa shape index (κ3) is 5.50. The van der Waals surface area contributed by atoms with Crippen LogP contribution in [0.4, 0.5) is 0 Å². The van der Waals surface area contributed by atoms with Gasteiger partial charge in [-0.25, -0.2) is 0 Å². The van der Waals surface area contributed by atoms with E-state index in [1.54, 1.807) is 71.9 Å². The number of rotatable bonds is 5. The molecule has 40 heavy (non-hydrogen) atoms. The summed E-state index contributed by atoms with van der Waals surface area (Å²) in [5.41, 5.74) is -0.231. The average molecular weight is 632 g/mol. The van der Waals surface area contributed by atoms with Crippen molar-refractivity contribution in [3.8, 4) is 23.0 Å². The van der Waals surface area contributed by atoms with Gasteiger partial charge in [0.2, 0.25) is 0 Å². The minimum atomic E-state index is -1.38. The fraction of sp³-hybridized carbons (Fsp3) is 0.355. The van der Waals surface area contributed by atoms with Crippen LogP contribution in [0.3, 0.4) is 0 Å². The molecule has 1 heterocycles. The van der Waals surface area contributed by atoms with E-state index in [4.69, 9.17) is 30.5 Å². The molecule has 0 radical (unpaired) electrons. The number of halogens is 2. The Labute approximate surface area is 247 Å². The highest BCUT2D eigenvalue weighted by atomic mass is 79.9. The molecule has 212 valence electrons. The Morgan fingerprint density at radius 3 is 2.15 bits per heavy atom. The summed E-state index contributed by atoms with van der Waals surface area (Å²) in [4.78, 5) is 25.3. The maximum absolute atomic E-state index is 12.7. The van der Waals surface area contributed by atoms with Crippen LogP contribution < -0.4 is 14.2 Å². The molecule has 0 bridgehead atoms. The molecule has 0 amide bonds. The van der Waals surface area contributed by atoms with Crippen LogP contribution in [0, 0.1) is 17.8 Å². The van der Waals surface area contributed by atoms with Crippen LogP contribution in [0.5, 0.6) is 23.0 Å². The number of aryl methyl sites for hydroxylation is 1. The van der Waals surface area contributed by atoms with Crippen LogP contribution in [0.15, 0.2) is 53.0 Å². The van der Waals surface area contributed by atoms with Gasteiger partial charge in [0.15, 0.2) is 17.1 Å². The first-order chi connectivity index (χ1) is 18.6. The molecule has 1 N–H and O–H groups in total. The van der Waals surface area contributed by atoms with Crippen molar-refractivity contribution >= 4 is 39.5 Å². The van der Waals surface area contributed by atoms with Crippen molar-refractivity contribution < 1.29 is 33.6 Å². The van der Waals surface area contributed by atoms with Crippen molar-refractivity contribution in [1.82, 2.24) is 0 Å². The maximum Gasteiger partial charge on any atom is 0.316 e. The zero-order valence-electron chi connectivity index (χ0n) is 23.5. The van der Waals surface area contributed by atoms with Gasteiger partial charge >= 0.3 is 11.9 Å². The average Bonchev–Trinajstić information content (AvgIpc) is 2.86. The Morgan fingerprint density at radius 2 is 1.52 bits per heavy atom. The van der Waals surface area contributed by atoms with Crippen molar-refractivity contribution in [2.45, 2.75) is 54.1 Å². The summed E-state index contributed by atoms with van der Waals surface area (Å²) in [5.74, 6) is -0.0388. The summed E-state index contributed by atoms with van der Waals surface area (Å²) in [5, 5.41) is 10.3. The molecule has 1 aliphatic rings. The topological polar surface area (TPSA) is 91.3 Å². The highest BCUT2D eigenvalue weighted by Gasteiger charge is 2.47. The summed E-state index contributed by atoms with van der Waals surface area (Å²) in [6.07, 6.45) is 0. The molecule has 0 fully saturated rings. The first kappa shape index (κ1) is 30.1. The summed E-state index contributed by atoms with van der Waals surface area (Å²) < 4.78 is 24.6. The van der Waals surface area contributed by atoms with Crippen molar-refractivity contribution in [3.63, 3.8) is 0 Å². The van der Waals surface area contributed by atoms with E-state index in [-0.39, 0.29) is 22.3 Å². The molecule has 4 rings (SSSR count). The molecular weight excluding hydrogens is 600 g/mol. The van der Waals surface area contributed by atoms with E-state index in [9.17, 15) is 14.7 Å². The van der Waals surface area contributed by atoms with Crippen molar-refractivity contribution in [2.75, 3.05) is 6.79 Å². The Bertz CT molecular complexity index is 1490. The maximum atomic E-state index is 12.7. The van der Waals surface area contributed by atoms with Gasteiger partial charge in [0, 0.05) is 21.7 Å². The van der Waals surface area contributed by atoms with Gasteiger partial charge in [-0.15, -0.1) is 0 Å². The van der Waals surface area contributed by atoms with E-state index in [0.29, 0.717) is 16.9 Å². The molecule has 0 aliphatic carbocycles. The van der Waals surface area contributed by atoms with Crippen LogP contribution in [0.25, 0.3) is 0 Å². The van der Waals surface area contributed by atoms with Gasteiger partial charge in [-0.05, 0) is 96.0 Å². The summed E-state index contributed by atoms with van der Waals surface area (Å²) in [6.45, 7) is 11.8. The molecule has 0 aromatic heterocycles. The first-order valence-electron chi connectivity index (χ1n) is 12.7. The quantitative estimate of drug-likeness (QED) is 0.175. The van der Waals surface area contributed by atoms with E-state index in [1.165, 1.54) is 0 Å². The lowest BCUT2D eigenvalue weighted by molar-refractivity contribution is -0.143. The summed E-state index contributed by atoms with van der Waals surface area (Å²) >= 11 is 10.4. The number of aliphatic hydroxyl groups excluding tert-OH is 1. The lowest BCUT2D eigenvalue weighted by atomic mass is 9.76. The van der Waals surface area contributed by atoms with E-state index >= 15 is 0 Å². The molecule has 3 aromatic rings. The van der Waals surface area contributed by atoms with Crippen LogP contribution in [0.1, 0.15) is 63.8 Å². The number of carbonyl (C=O) groups excluding carboxylic acids is 2. The van der Waals surface area contributed by atoms with Crippen molar-refractivity contribution in [3.05, 3.63) is 80.3 Å². The van der Waals surface area contributed by atoms with E-state index in [2.05, 4.69) is 15.9 Å². The van der Waals surface area contributed by atoms with Crippen molar-refractivity contribution in [2.24, 2.45) is 10.8 Å². The molecule has 9 heteroatoms. The minimum absolute atomic E-state index is 0.0522. The van der Waals surface area contributed by atoms with Gasteiger partial charge in [-0.2, -0.15) is 0 Å². The number of aliphatic hydroxyl groups is 1. The van der Waals surface area contributed by atoms with E-state index < -0.39 is 35.2 Å². The van der Waals surface area contributed by atoms with Crippen LogP contribution >= 0.6 is 27.5 Å². The highest BCUT2D eigenvalue weighted by Crippen LogP contribution is 2.57. The fourth-order valence-corrected chi connectivity index (χ4v) is 4.90. The number of benzene rings is 3. The number of hydrogen-bond acceptors (Lipinski definition) is 7. The normalized spacial score (nSPS) is 16.4. The second kappa shape index (κ2) is 10.8. The van der Waals surface area contributed by atoms with Gasteiger partial charge in [-0.1, -0.05) is 33.6 Å². The second-order valence-corrected chi connectivity index (χ2v) is 13.0. The molecular formula is C31H32BrClO7. The lowest BCUT2D eigenvalue weighted by Crippen LogP contribution is -2.37. The summed E-state index contributed by atoms with van der Waals surface area (Å²) in [6, 6.07) is 14.0. The minimum Gasteiger partial charge on any atom is -0.455 e. The van der Waals surface area contributed by atoms with Crippen LogP contribution in [-0.2, 0) is 19.9 Å². The zero-order chi connectivity index (χ0) is 29.6. The number of carbonyl (C=O) groups is 2. The molecule has 0 saturated carbocycles. The van der Waals surface area contributed by atoms with E-state index in [1.807, 2.05) is 25.1 Å². The molecule has 0 spiro atoms. The number of esters is 2. The zero-order valence-corrected chi connectivity index (χ0v) is 25.8. The SMILES string of the molecule is Cc1ccc(Br)cc1C1(OCO)c2ccc(OC(=O)C(C)(C)C)cc2Oc2c1ccc(OC(=O)C(C)(C)C)c2Cl. The Hall–Kier alpha value is -2.91. The fourth-order valence-electron chi connectivity index (χ4n) is 4.30. The number of hydrogen-bond donors (Lipinski definition) is 1. The molecule has 0 saturated heterocycles. The largest absolute Gasteiger partial charge is 0.455 e. The predicted octanol–water partition coefficient (Wildman–Crippen LogP) is 7.68. The van der Waals surface area contributed by atoms with Gasteiger partial charge in [0.1, 0.15) is 23.3 Å². The van der Waals surface area contributed by atoms with E-state index in [0.717, 1.165) is 15.6 Å². The van der Waals surface area contributed by atoms with Crippen molar-refractivity contribution in [1.29, 1.82) is 0 Å². The van der Waals surface area contributed by atoms with Gasteiger partial charge in [-0.3, -0.25) is 9.59 Å². The van der Waals surface area contributed by atoms with Gasteiger partial charge < -0.3 is 24.1 Å². The monoisotopic (exact) mass is 630 g/mol. The smallest absolute Gasteiger partial charge is 0.316 e. The lowest BCUT2D eigenvalue weighted by Gasteiger charge is -2.41. The first-order valence-corrected chi connectivity index (χ1v) is 13.9. The Balaban J connectivity index is 1.99. The van der Waals surface area contributed by atoms with Crippen LogP contribution in [-0.4, -0.2) is 23.8 Å². The van der Waals surface area contributed by atoms with Gasteiger partial charge in [0.05, 0.1) is 10.8 Å². The van der Waals surface area contributed by atoms with Crippen LogP contribution in [0.2, 0.25) is 5.02 Å². The molecule has 1 unspecified atom stereocenters. The third-order valence-electron chi connectivity index (χ3n) is 6.48. The highest BCUT2D eigenvalue weighted by molar-refractivity contribution is 9.10. The predicted molar refractivity (Wildman–Crippen MR) is 155 cm³/mol. The standard InChI is InChI=1S/C31H32BrClO7/c1-17-8-9-18(32)14-22(17)31(37-16-34)20-11-10-19(38-27(35)29(2,3)4)15-24(20)39-26-21(31)12-13-23(25(26)33)40-28(36)30(5,6)7/h8-15,34H,16H2,1-7H3. The number of ether oxygens (including phenoxy) is 4. The van der Waals surface area contributed by atoms with Gasteiger partial charge in [0.25, 0.3) is 0 Å². The third-order valence-corrected chi connectivity index (χ3v) is 7.33. The molecule has 3 aromatic carbocycles. The molecule has 1 atom stereocenters. The Morgan fingerprint density at radius 1 is 0.900 bits per heavy atom.